The van der Waals surface area contributed by atoms with Crippen molar-refractivity contribution in [1.29, 1.82) is 0 Å². The summed E-state index contributed by atoms with van der Waals surface area (Å²) in [5, 5.41) is 2.90. The molecule has 1 fully saturated rings. The molecular weight excluding hydrogens is 334 g/mol. The first kappa shape index (κ1) is 18.2. The Morgan fingerprint density at radius 1 is 1.23 bits per heavy atom. The molecule has 1 saturated heterocycles. The Balaban J connectivity index is 1.59. The lowest BCUT2D eigenvalue weighted by molar-refractivity contribution is -0.129. The van der Waals surface area contributed by atoms with Gasteiger partial charge in [0.1, 0.15) is 11.5 Å². The van der Waals surface area contributed by atoms with E-state index in [9.17, 15) is 4.79 Å². The second kappa shape index (κ2) is 8.16. The normalized spacial score (nSPS) is 15.9. The Morgan fingerprint density at radius 3 is 2.62 bits per heavy atom. The maximum atomic E-state index is 12.4. The molecule has 0 atom stereocenters. The Labute approximate surface area is 152 Å². The van der Waals surface area contributed by atoms with Crippen molar-refractivity contribution in [3.05, 3.63) is 48.2 Å². The molecule has 1 aromatic heterocycles. The highest BCUT2D eigenvalue weighted by Gasteiger charge is 2.35. The summed E-state index contributed by atoms with van der Waals surface area (Å²) in [5.74, 6) is 1.71. The van der Waals surface area contributed by atoms with E-state index in [-0.39, 0.29) is 5.91 Å². The summed E-state index contributed by atoms with van der Waals surface area (Å²) in [6, 6.07) is 10.9. The molecule has 0 spiro atoms. The molecule has 0 aliphatic carbocycles. The number of hydrogen-bond donors (Lipinski definition) is 2. The van der Waals surface area contributed by atoms with Gasteiger partial charge in [-0.25, -0.2) is 4.98 Å². The first-order valence-corrected chi connectivity index (χ1v) is 8.51. The third kappa shape index (κ3) is 4.50. The number of benzene rings is 1. The van der Waals surface area contributed by atoms with E-state index in [0.717, 1.165) is 11.3 Å². The van der Waals surface area contributed by atoms with Crippen LogP contribution in [0.2, 0.25) is 0 Å². The Morgan fingerprint density at radius 2 is 1.92 bits per heavy atom. The largest absolute Gasteiger partial charge is 0.497 e. The number of nitrogens with zero attached hydrogens (tertiary/aromatic N) is 1. The number of hydrogen-bond acceptors (Lipinski definition) is 6. The number of carbonyl (C=O) groups is 1. The summed E-state index contributed by atoms with van der Waals surface area (Å²) in [7, 11) is 1.61. The third-order valence-electron chi connectivity index (χ3n) is 4.37. The molecule has 7 nitrogen and oxygen atoms in total. The number of pyridine rings is 1. The molecule has 2 heterocycles. The van der Waals surface area contributed by atoms with Gasteiger partial charge in [-0.2, -0.15) is 0 Å². The number of ether oxygens (including phenoxy) is 3. The minimum Gasteiger partial charge on any atom is -0.497 e. The maximum Gasteiger partial charge on any atom is 0.240 e. The first-order valence-electron chi connectivity index (χ1n) is 8.51. The topological polar surface area (TPSA) is 95.7 Å². The SMILES string of the molecule is COc1ccc(Oc2cc(CNC(=O)C3(N)CCOCC3)ccn2)cc1. The lowest BCUT2D eigenvalue weighted by Crippen LogP contribution is -2.56. The van der Waals surface area contributed by atoms with E-state index >= 15 is 0 Å². The molecule has 2 aromatic rings. The molecule has 138 valence electrons. The number of nitrogens with two attached hydrogens (primary N) is 1. The molecule has 1 amide bonds. The molecule has 7 heteroatoms. The average Bonchev–Trinajstić information content (AvgIpc) is 2.67. The van der Waals surface area contributed by atoms with Crippen molar-refractivity contribution in [3.8, 4) is 17.4 Å². The van der Waals surface area contributed by atoms with E-state index in [1.165, 1.54) is 0 Å². The molecule has 1 aromatic carbocycles. The van der Waals surface area contributed by atoms with Crippen molar-refractivity contribution < 1.29 is 19.0 Å². The van der Waals surface area contributed by atoms with Gasteiger partial charge in [0.15, 0.2) is 0 Å². The average molecular weight is 357 g/mol. The van der Waals surface area contributed by atoms with E-state index < -0.39 is 5.54 Å². The second-order valence-corrected chi connectivity index (χ2v) is 6.23. The number of carbonyl (C=O) groups excluding carboxylic acids is 1. The molecule has 3 N–H and O–H groups in total. The number of methoxy groups -OCH3 is 1. The van der Waals surface area contributed by atoms with Gasteiger partial charge >= 0.3 is 0 Å². The van der Waals surface area contributed by atoms with E-state index in [4.69, 9.17) is 19.9 Å². The number of rotatable bonds is 6. The van der Waals surface area contributed by atoms with Crippen LogP contribution in [0, 0.1) is 0 Å². The third-order valence-corrected chi connectivity index (χ3v) is 4.37. The van der Waals surface area contributed by atoms with Gasteiger partial charge < -0.3 is 25.3 Å². The van der Waals surface area contributed by atoms with Gasteiger partial charge in [0.05, 0.1) is 12.6 Å². The maximum absolute atomic E-state index is 12.4. The number of amides is 1. The van der Waals surface area contributed by atoms with Gasteiger partial charge in [-0.1, -0.05) is 0 Å². The molecule has 0 bridgehead atoms. The van der Waals surface area contributed by atoms with Crippen LogP contribution in [0.1, 0.15) is 18.4 Å². The molecule has 0 radical (unpaired) electrons. The lowest BCUT2D eigenvalue weighted by Gasteiger charge is -2.31. The highest BCUT2D eigenvalue weighted by molar-refractivity contribution is 5.86. The summed E-state index contributed by atoms with van der Waals surface area (Å²) in [6.45, 7) is 1.39. The van der Waals surface area contributed by atoms with E-state index in [1.54, 1.807) is 31.5 Å². The van der Waals surface area contributed by atoms with Crippen molar-refractivity contribution >= 4 is 5.91 Å². The molecule has 1 aliphatic heterocycles. The van der Waals surface area contributed by atoms with Crippen LogP contribution in [-0.2, 0) is 16.1 Å². The van der Waals surface area contributed by atoms with Crippen LogP contribution in [0.3, 0.4) is 0 Å². The van der Waals surface area contributed by atoms with E-state index in [2.05, 4.69) is 10.3 Å². The summed E-state index contributed by atoms with van der Waals surface area (Å²) in [4.78, 5) is 16.6. The van der Waals surface area contributed by atoms with Gasteiger partial charge in [-0.05, 0) is 48.7 Å². The fourth-order valence-electron chi connectivity index (χ4n) is 2.70. The lowest BCUT2D eigenvalue weighted by atomic mass is 9.90. The zero-order chi connectivity index (χ0) is 18.4. The van der Waals surface area contributed by atoms with E-state index in [0.29, 0.717) is 44.2 Å². The fraction of sp³-hybridized carbons (Fsp3) is 0.368. The first-order chi connectivity index (χ1) is 12.6. The number of nitrogens with one attached hydrogen (secondary N) is 1. The van der Waals surface area contributed by atoms with E-state index in [1.807, 2.05) is 18.2 Å². The van der Waals surface area contributed by atoms with Crippen molar-refractivity contribution in [2.24, 2.45) is 5.73 Å². The van der Waals surface area contributed by atoms with Crippen LogP contribution in [0.15, 0.2) is 42.6 Å². The summed E-state index contributed by atoms with van der Waals surface area (Å²) >= 11 is 0. The summed E-state index contributed by atoms with van der Waals surface area (Å²) in [5.41, 5.74) is 6.21. The molecule has 1 aliphatic rings. The standard InChI is InChI=1S/C19H23N3O4/c1-24-15-2-4-16(5-3-15)26-17-12-14(6-9-21-17)13-22-18(23)19(20)7-10-25-11-8-19/h2-6,9,12H,7-8,10-11,13,20H2,1H3,(H,22,23). The molecular formula is C19H23N3O4. The Kier molecular flexibility index (Phi) is 5.70. The zero-order valence-electron chi connectivity index (χ0n) is 14.7. The van der Waals surface area contributed by atoms with Gasteiger partial charge in [-0.15, -0.1) is 0 Å². The monoisotopic (exact) mass is 357 g/mol. The second-order valence-electron chi connectivity index (χ2n) is 6.23. The van der Waals surface area contributed by atoms with Crippen LogP contribution in [0.5, 0.6) is 17.4 Å². The van der Waals surface area contributed by atoms with Crippen molar-refractivity contribution in [2.45, 2.75) is 24.9 Å². The molecule has 0 unspecified atom stereocenters. The van der Waals surface area contributed by atoms with Crippen LogP contribution >= 0.6 is 0 Å². The van der Waals surface area contributed by atoms with Gasteiger partial charge in [0.2, 0.25) is 11.8 Å². The zero-order valence-corrected chi connectivity index (χ0v) is 14.7. The van der Waals surface area contributed by atoms with Crippen LogP contribution in [0.25, 0.3) is 0 Å². The Hall–Kier alpha value is -2.64. The molecule has 0 saturated carbocycles. The number of aromatic nitrogens is 1. The molecule has 26 heavy (non-hydrogen) atoms. The quantitative estimate of drug-likeness (QED) is 0.821. The smallest absolute Gasteiger partial charge is 0.240 e. The van der Waals surface area contributed by atoms with Crippen molar-refractivity contribution in [3.63, 3.8) is 0 Å². The summed E-state index contributed by atoms with van der Waals surface area (Å²) in [6.07, 6.45) is 2.70. The Bertz CT molecular complexity index is 743. The van der Waals surface area contributed by atoms with Gasteiger partial charge in [0.25, 0.3) is 0 Å². The summed E-state index contributed by atoms with van der Waals surface area (Å²) < 4.78 is 16.1. The highest BCUT2D eigenvalue weighted by atomic mass is 16.5. The predicted octanol–water partition coefficient (Wildman–Crippen LogP) is 2.01. The van der Waals surface area contributed by atoms with Crippen molar-refractivity contribution in [2.75, 3.05) is 20.3 Å². The van der Waals surface area contributed by atoms with Crippen molar-refractivity contribution in [1.82, 2.24) is 10.3 Å². The predicted molar refractivity (Wildman–Crippen MR) is 96.1 cm³/mol. The van der Waals surface area contributed by atoms with Gasteiger partial charge in [-0.3, -0.25) is 4.79 Å². The van der Waals surface area contributed by atoms with Gasteiger partial charge in [0, 0.05) is 32.0 Å². The van der Waals surface area contributed by atoms with Crippen LogP contribution < -0.4 is 20.5 Å². The highest BCUT2D eigenvalue weighted by Crippen LogP contribution is 2.23. The minimum absolute atomic E-state index is 0.157. The van der Waals surface area contributed by atoms with Crippen LogP contribution in [-0.4, -0.2) is 36.8 Å². The minimum atomic E-state index is -0.853. The fourth-order valence-corrected chi connectivity index (χ4v) is 2.70. The molecule has 3 rings (SSSR count). The van der Waals surface area contributed by atoms with Crippen LogP contribution in [0.4, 0.5) is 0 Å².